The second-order valence-electron chi connectivity index (χ2n) is 5.92. The first-order valence-corrected chi connectivity index (χ1v) is 7.66. The summed E-state index contributed by atoms with van der Waals surface area (Å²) in [7, 11) is 0. The number of hydrogen-bond acceptors (Lipinski definition) is 3. The molecule has 0 radical (unpaired) electrons. The molecule has 18 heavy (non-hydrogen) atoms. The fourth-order valence-corrected chi connectivity index (χ4v) is 2.71. The van der Waals surface area contributed by atoms with Crippen LogP contribution in [0.2, 0.25) is 0 Å². The summed E-state index contributed by atoms with van der Waals surface area (Å²) in [6.07, 6.45) is 2.48. The number of rotatable bonds is 9. The van der Waals surface area contributed by atoms with Crippen molar-refractivity contribution >= 4 is 0 Å². The zero-order valence-electron chi connectivity index (χ0n) is 12.8. The van der Waals surface area contributed by atoms with Gasteiger partial charge in [-0.3, -0.25) is 0 Å². The molecule has 0 spiro atoms. The van der Waals surface area contributed by atoms with Gasteiger partial charge in [0.1, 0.15) is 0 Å². The van der Waals surface area contributed by atoms with Gasteiger partial charge in [-0.25, -0.2) is 0 Å². The standard InChI is InChI=1S/C15H32N2O/c1-5-14(4)10-17(7-3)12-15(11-16-6-2)8-9-18-13-15/h14,16H,5-13H2,1-4H3. The van der Waals surface area contributed by atoms with Crippen LogP contribution in [0.3, 0.4) is 0 Å². The molecule has 108 valence electrons. The Hall–Kier alpha value is -0.120. The van der Waals surface area contributed by atoms with E-state index in [2.05, 4.69) is 37.9 Å². The van der Waals surface area contributed by atoms with Crippen LogP contribution in [0.5, 0.6) is 0 Å². The lowest BCUT2D eigenvalue weighted by molar-refractivity contribution is 0.104. The van der Waals surface area contributed by atoms with Gasteiger partial charge < -0.3 is 15.0 Å². The lowest BCUT2D eigenvalue weighted by Gasteiger charge is -2.35. The van der Waals surface area contributed by atoms with Gasteiger partial charge >= 0.3 is 0 Å². The third-order valence-electron chi connectivity index (χ3n) is 4.21. The van der Waals surface area contributed by atoms with Gasteiger partial charge in [0.15, 0.2) is 0 Å². The molecule has 0 saturated carbocycles. The molecule has 1 aliphatic rings. The van der Waals surface area contributed by atoms with Crippen molar-refractivity contribution in [1.29, 1.82) is 0 Å². The molecule has 0 aromatic heterocycles. The first kappa shape index (κ1) is 15.9. The number of ether oxygens (including phenoxy) is 1. The third kappa shape index (κ3) is 4.87. The molecule has 1 fully saturated rings. The molecule has 3 nitrogen and oxygen atoms in total. The largest absolute Gasteiger partial charge is 0.381 e. The molecule has 1 aliphatic heterocycles. The molecule has 0 aromatic rings. The first-order valence-electron chi connectivity index (χ1n) is 7.66. The van der Waals surface area contributed by atoms with Crippen LogP contribution in [0.25, 0.3) is 0 Å². The smallest absolute Gasteiger partial charge is 0.0547 e. The maximum absolute atomic E-state index is 5.67. The molecular weight excluding hydrogens is 224 g/mol. The molecule has 2 unspecified atom stereocenters. The van der Waals surface area contributed by atoms with Crippen LogP contribution in [0.15, 0.2) is 0 Å². The summed E-state index contributed by atoms with van der Waals surface area (Å²) in [4.78, 5) is 2.61. The van der Waals surface area contributed by atoms with Crippen LogP contribution in [-0.2, 0) is 4.74 Å². The van der Waals surface area contributed by atoms with Crippen LogP contribution in [0.1, 0.15) is 40.5 Å². The maximum atomic E-state index is 5.67. The predicted octanol–water partition coefficient (Wildman–Crippen LogP) is 2.37. The average Bonchev–Trinajstić information content (AvgIpc) is 2.84. The number of nitrogens with one attached hydrogen (secondary N) is 1. The van der Waals surface area contributed by atoms with E-state index in [1.807, 2.05) is 0 Å². The minimum absolute atomic E-state index is 0.347. The van der Waals surface area contributed by atoms with Crippen LogP contribution in [0, 0.1) is 11.3 Å². The highest BCUT2D eigenvalue weighted by molar-refractivity contribution is 4.88. The molecule has 1 heterocycles. The lowest BCUT2D eigenvalue weighted by atomic mass is 9.86. The van der Waals surface area contributed by atoms with Gasteiger partial charge in [-0.2, -0.15) is 0 Å². The van der Waals surface area contributed by atoms with Crippen molar-refractivity contribution in [2.75, 3.05) is 45.9 Å². The van der Waals surface area contributed by atoms with E-state index in [-0.39, 0.29) is 0 Å². The van der Waals surface area contributed by atoms with E-state index < -0.39 is 0 Å². The fraction of sp³-hybridized carbons (Fsp3) is 1.00. The van der Waals surface area contributed by atoms with Crippen molar-refractivity contribution < 1.29 is 4.74 Å². The molecular formula is C15H32N2O. The van der Waals surface area contributed by atoms with Crippen molar-refractivity contribution in [1.82, 2.24) is 10.2 Å². The van der Waals surface area contributed by atoms with E-state index in [9.17, 15) is 0 Å². The summed E-state index contributed by atoms with van der Waals surface area (Å²) in [5, 5.41) is 3.52. The quantitative estimate of drug-likeness (QED) is 0.685. The fourth-order valence-electron chi connectivity index (χ4n) is 2.71. The minimum atomic E-state index is 0.347. The summed E-state index contributed by atoms with van der Waals surface area (Å²) in [6, 6.07) is 0. The molecule has 0 bridgehead atoms. The molecule has 0 amide bonds. The maximum Gasteiger partial charge on any atom is 0.0547 e. The second-order valence-corrected chi connectivity index (χ2v) is 5.92. The molecule has 1 saturated heterocycles. The topological polar surface area (TPSA) is 24.5 Å². The Bertz CT molecular complexity index is 215. The van der Waals surface area contributed by atoms with Gasteiger partial charge in [-0.05, 0) is 25.4 Å². The highest BCUT2D eigenvalue weighted by Crippen LogP contribution is 2.29. The zero-order chi connectivity index (χ0) is 13.4. The SMILES string of the molecule is CCNCC1(CN(CC)CC(C)CC)CCOC1. The van der Waals surface area contributed by atoms with Crippen molar-refractivity contribution in [2.45, 2.75) is 40.5 Å². The number of hydrogen-bond donors (Lipinski definition) is 1. The van der Waals surface area contributed by atoms with E-state index in [0.717, 1.165) is 38.8 Å². The number of nitrogens with zero attached hydrogens (tertiary/aromatic N) is 1. The Morgan fingerprint density at radius 3 is 2.61 bits per heavy atom. The van der Waals surface area contributed by atoms with Crippen LogP contribution < -0.4 is 5.32 Å². The van der Waals surface area contributed by atoms with Crippen molar-refractivity contribution in [3.8, 4) is 0 Å². The van der Waals surface area contributed by atoms with E-state index >= 15 is 0 Å². The van der Waals surface area contributed by atoms with Crippen molar-refractivity contribution in [3.05, 3.63) is 0 Å². The van der Waals surface area contributed by atoms with Crippen LogP contribution in [0.4, 0.5) is 0 Å². The van der Waals surface area contributed by atoms with Gasteiger partial charge in [0.05, 0.1) is 6.61 Å². The summed E-state index contributed by atoms with van der Waals surface area (Å²) in [6.45, 7) is 16.7. The second kappa shape index (κ2) is 8.13. The monoisotopic (exact) mass is 256 g/mol. The highest BCUT2D eigenvalue weighted by atomic mass is 16.5. The Balaban J connectivity index is 2.51. The van der Waals surface area contributed by atoms with E-state index in [1.54, 1.807) is 0 Å². The van der Waals surface area contributed by atoms with Gasteiger partial charge in [-0.1, -0.05) is 34.1 Å². The molecule has 3 heteroatoms. The Kier molecular flexibility index (Phi) is 7.20. The van der Waals surface area contributed by atoms with E-state index in [0.29, 0.717) is 5.41 Å². The summed E-state index contributed by atoms with van der Waals surface area (Å²) in [5.74, 6) is 0.795. The third-order valence-corrected chi connectivity index (χ3v) is 4.21. The van der Waals surface area contributed by atoms with Gasteiger partial charge in [0, 0.05) is 31.7 Å². The van der Waals surface area contributed by atoms with Gasteiger partial charge in [-0.15, -0.1) is 0 Å². The molecule has 2 atom stereocenters. The van der Waals surface area contributed by atoms with Crippen molar-refractivity contribution in [3.63, 3.8) is 0 Å². The summed E-state index contributed by atoms with van der Waals surface area (Å²) in [5.41, 5.74) is 0.347. The zero-order valence-corrected chi connectivity index (χ0v) is 12.8. The Labute approximate surface area is 113 Å². The van der Waals surface area contributed by atoms with Crippen LogP contribution >= 0.6 is 0 Å². The van der Waals surface area contributed by atoms with Gasteiger partial charge in [0.25, 0.3) is 0 Å². The average molecular weight is 256 g/mol. The summed E-state index contributed by atoms with van der Waals surface area (Å²) >= 11 is 0. The van der Waals surface area contributed by atoms with Gasteiger partial charge in [0.2, 0.25) is 0 Å². The molecule has 1 N–H and O–H groups in total. The first-order chi connectivity index (χ1) is 8.65. The van der Waals surface area contributed by atoms with Crippen LogP contribution in [-0.4, -0.2) is 50.8 Å². The molecule has 0 aliphatic carbocycles. The predicted molar refractivity (Wildman–Crippen MR) is 78.0 cm³/mol. The normalized spacial score (nSPS) is 25.8. The Morgan fingerprint density at radius 2 is 2.11 bits per heavy atom. The molecule has 1 rings (SSSR count). The van der Waals surface area contributed by atoms with E-state index in [1.165, 1.54) is 25.9 Å². The Morgan fingerprint density at radius 1 is 1.33 bits per heavy atom. The van der Waals surface area contributed by atoms with Crippen molar-refractivity contribution in [2.24, 2.45) is 11.3 Å². The summed E-state index contributed by atoms with van der Waals surface area (Å²) < 4.78 is 5.67. The van der Waals surface area contributed by atoms with E-state index in [4.69, 9.17) is 4.74 Å². The lowest BCUT2D eigenvalue weighted by Crippen LogP contribution is -2.45. The molecule has 0 aromatic carbocycles. The highest BCUT2D eigenvalue weighted by Gasteiger charge is 2.36. The minimum Gasteiger partial charge on any atom is -0.381 e.